The first-order valence-electron chi connectivity index (χ1n) is 5.76. The lowest BCUT2D eigenvalue weighted by molar-refractivity contribution is 0.628. The van der Waals surface area contributed by atoms with Crippen molar-refractivity contribution in [3.8, 4) is 0 Å². The van der Waals surface area contributed by atoms with E-state index in [9.17, 15) is 0 Å². The van der Waals surface area contributed by atoms with Crippen molar-refractivity contribution < 1.29 is 0 Å². The highest BCUT2D eigenvalue weighted by Crippen LogP contribution is 2.27. The van der Waals surface area contributed by atoms with Gasteiger partial charge in [-0.1, -0.05) is 17.7 Å². The van der Waals surface area contributed by atoms with Crippen LogP contribution >= 0.6 is 11.6 Å². The molecule has 0 aliphatic carbocycles. The summed E-state index contributed by atoms with van der Waals surface area (Å²) in [5, 5.41) is 0.731. The number of halogens is 1. The average Bonchev–Trinajstić information content (AvgIpc) is 2.34. The van der Waals surface area contributed by atoms with Gasteiger partial charge in [-0.05, 0) is 54.3 Å². The Labute approximate surface area is 112 Å². The molecule has 0 fully saturated rings. The Morgan fingerprint density at radius 2 is 1.94 bits per heavy atom. The second-order valence-corrected chi connectivity index (χ2v) is 4.77. The molecule has 0 spiro atoms. The zero-order valence-electron chi connectivity index (χ0n) is 10.4. The molecule has 1 heterocycles. The van der Waals surface area contributed by atoms with Crippen molar-refractivity contribution in [2.75, 3.05) is 0 Å². The van der Waals surface area contributed by atoms with Gasteiger partial charge in [0.15, 0.2) is 0 Å². The predicted octanol–water partition coefficient (Wildman–Crippen LogP) is 2.90. The predicted molar refractivity (Wildman–Crippen MR) is 74.3 cm³/mol. The van der Waals surface area contributed by atoms with Gasteiger partial charge in [-0.3, -0.25) is 10.8 Å². The minimum Gasteiger partial charge on any atom is -0.271 e. The highest BCUT2D eigenvalue weighted by atomic mass is 35.5. The van der Waals surface area contributed by atoms with E-state index in [1.807, 2.05) is 44.3 Å². The Morgan fingerprint density at radius 1 is 1.17 bits per heavy atom. The van der Waals surface area contributed by atoms with Crippen molar-refractivity contribution in [2.45, 2.75) is 19.9 Å². The molecule has 0 radical (unpaired) electrons. The lowest BCUT2D eigenvalue weighted by atomic mass is 9.94. The molecular weight excluding hydrogens is 246 g/mol. The minimum absolute atomic E-state index is 0.0732. The summed E-state index contributed by atoms with van der Waals surface area (Å²) in [5.74, 6) is 5.70. The monoisotopic (exact) mass is 261 g/mol. The van der Waals surface area contributed by atoms with E-state index < -0.39 is 0 Å². The van der Waals surface area contributed by atoms with Crippen LogP contribution < -0.4 is 11.3 Å². The molecule has 0 aliphatic rings. The van der Waals surface area contributed by atoms with Crippen LogP contribution in [0.2, 0.25) is 5.02 Å². The summed E-state index contributed by atoms with van der Waals surface area (Å²) < 4.78 is 0. The Balaban J connectivity index is 2.49. The molecule has 3 N–H and O–H groups in total. The van der Waals surface area contributed by atoms with E-state index in [0.717, 1.165) is 27.3 Å². The number of nitrogens with one attached hydrogen (secondary N) is 1. The van der Waals surface area contributed by atoms with Crippen molar-refractivity contribution in [3.05, 3.63) is 63.9 Å². The fourth-order valence-corrected chi connectivity index (χ4v) is 2.32. The van der Waals surface area contributed by atoms with Crippen LogP contribution in [-0.4, -0.2) is 4.98 Å². The molecule has 1 atom stereocenters. The van der Waals surface area contributed by atoms with Gasteiger partial charge in [0, 0.05) is 17.4 Å². The van der Waals surface area contributed by atoms with Crippen LogP contribution in [0.15, 0.2) is 36.7 Å². The first kappa shape index (κ1) is 13.0. The van der Waals surface area contributed by atoms with Gasteiger partial charge in [-0.25, -0.2) is 5.43 Å². The molecule has 0 aliphatic heterocycles. The van der Waals surface area contributed by atoms with Crippen LogP contribution in [0.5, 0.6) is 0 Å². The zero-order chi connectivity index (χ0) is 13.1. The highest BCUT2D eigenvalue weighted by molar-refractivity contribution is 6.30. The van der Waals surface area contributed by atoms with Crippen molar-refractivity contribution in [1.82, 2.24) is 10.4 Å². The largest absolute Gasteiger partial charge is 0.271 e. The fourth-order valence-electron chi connectivity index (χ4n) is 2.09. The second-order valence-electron chi connectivity index (χ2n) is 4.33. The van der Waals surface area contributed by atoms with Crippen LogP contribution in [0.25, 0.3) is 0 Å². The molecule has 3 nitrogen and oxygen atoms in total. The number of pyridine rings is 1. The third-order valence-corrected chi connectivity index (χ3v) is 3.34. The van der Waals surface area contributed by atoms with Gasteiger partial charge in [0.2, 0.25) is 0 Å². The topological polar surface area (TPSA) is 50.9 Å². The standard InChI is InChI=1S/C14H16ClN3/c1-9-5-6-17-8-13(9)14(18-16)12-4-3-11(15)7-10(12)2/h3-8,14,18H,16H2,1-2H3. The summed E-state index contributed by atoms with van der Waals surface area (Å²) in [7, 11) is 0. The minimum atomic E-state index is -0.0732. The molecule has 2 aromatic rings. The Morgan fingerprint density at radius 3 is 2.56 bits per heavy atom. The summed E-state index contributed by atoms with van der Waals surface area (Å²) in [6.45, 7) is 4.07. The summed E-state index contributed by atoms with van der Waals surface area (Å²) in [5.41, 5.74) is 7.30. The van der Waals surface area contributed by atoms with E-state index in [-0.39, 0.29) is 6.04 Å². The van der Waals surface area contributed by atoms with E-state index in [1.165, 1.54) is 0 Å². The number of nitrogens with zero attached hydrogens (tertiary/aromatic N) is 1. The molecule has 0 bridgehead atoms. The zero-order valence-corrected chi connectivity index (χ0v) is 11.2. The number of hydrogen-bond acceptors (Lipinski definition) is 3. The van der Waals surface area contributed by atoms with Gasteiger partial charge in [-0.15, -0.1) is 0 Å². The van der Waals surface area contributed by atoms with Crippen LogP contribution in [0.1, 0.15) is 28.3 Å². The molecule has 0 amide bonds. The number of hydrazine groups is 1. The first-order valence-corrected chi connectivity index (χ1v) is 6.14. The van der Waals surface area contributed by atoms with Gasteiger partial charge < -0.3 is 0 Å². The molecule has 2 rings (SSSR count). The van der Waals surface area contributed by atoms with Crippen LogP contribution in [0, 0.1) is 13.8 Å². The number of benzene rings is 1. The lowest BCUT2D eigenvalue weighted by Gasteiger charge is -2.20. The molecular formula is C14H16ClN3. The van der Waals surface area contributed by atoms with Crippen molar-refractivity contribution in [1.29, 1.82) is 0 Å². The quantitative estimate of drug-likeness (QED) is 0.660. The van der Waals surface area contributed by atoms with Crippen molar-refractivity contribution in [3.63, 3.8) is 0 Å². The number of aryl methyl sites for hydroxylation is 2. The molecule has 18 heavy (non-hydrogen) atoms. The number of aromatic nitrogens is 1. The molecule has 0 saturated heterocycles. The summed E-state index contributed by atoms with van der Waals surface area (Å²) >= 11 is 5.98. The van der Waals surface area contributed by atoms with Gasteiger partial charge in [0.1, 0.15) is 0 Å². The number of nitrogens with two attached hydrogens (primary N) is 1. The molecule has 1 unspecified atom stereocenters. The van der Waals surface area contributed by atoms with E-state index in [1.54, 1.807) is 6.20 Å². The van der Waals surface area contributed by atoms with Crippen molar-refractivity contribution in [2.24, 2.45) is 5.84 Å². The van der Waals surface area contributed by atoms with Gasteiger partial charge in [-0.2, -0.15) is 0 Å². The average molecular weight is 262 g/mol. The maximum atomic E-state index is 5.98. The van der Waals surface area contributed by atoms with E-state index in [2.05, 4.69) is 10.4 Å². The molecule has 4 heteroatoms. The number of rotatable bonds is 3. The Bertz CT molecular complexity index is 554. The maximum absolute atomic E-state index is 5.98. The fraction of sp³-hybridized carbons (Fsp3) is 0.214. The molecule has 1 aromatic carbocycles. The first-order chi connectivity index (χ1) is 8.63. The molecule has 94 valence electrons. The van der Waals surface area contributed by atoms with Gasteiger partial charge in [0.05, 0.1) is 6.04 Å². The summed E-state index contributed by atoms with van der Waals surface area (Å²) in [4.78, 5) is 4.17. The van der Waals surface area contributed by atoms with Gasteiger partial charge >= 0.3 is 0 Å². The normalized spacial score (nSPS) is 12.4. The molecule has 1 aromatic heterocycles. The third kappa shape index (κ3) is 2.53. The summed E-state index contributed by atoms with van der Waals surface area (Å²) in [6, 6.07) is 7.71. The Hall–Kier alpha value is -1.42. The van der Waals surface area contributed by atoms with Crippen LogP contribution in [0.3, 0.4) is 0 Å². The third-order valence-electron chi connectivity index (χ3n) is 3.10. The maximum Gasteiger partial charge on any atom is 0.0730 e. The summed E-state index contributed by atoms with van der Waals surface area (Å²) in [6.07, 6.45) is 3.62. The smallest absolute Gasteiger partial charge is 0.0730 e. The van der Waals surface area contributed by atoms with E-state index in [4.69, 9.17) is 17.4 Å². The van der Waals surface area contributed by atoms with Crippen LogP contribution in [0.4, 0.5) is 0 Å². The second kappa shape index (κ2) is 5.48. The SMILES string of the molecule is Cc1cc(Cl)ccc1C(NN)c1cnccc1C. The highest BCUT2D eigenvalue weighted by Gasteiger charge is 2.16. The van der Waals surface area contributed by atoms with Gasteiger partial charge in [0.25, 0.3) is 0 Å². The lowest BCUT2D eigenvalue weighted by Crippen LogP contribution is -2.30. The number of hydrogen-bond donors (Lipinski definition) is 2. The van der Waals surface area contributed by atoms with E-state index >= 15 is 0 Å². The molecule has 0 saturated carbocycles. The van der Waals surface area contributed by atoms with E-state index in [0.29, 0.717) is 0 Å². The Kier molecular flexibility index (Phi) is 3.97. The van der Waals surface area contributed by atoms with Crippen molar-refractivity contribution >= 4 is 11.6 Å². The van der Waals surface area contributed by atoms with Crippen LogP contribution in [-0.2, 0) is 0 Å².